The van der Waals surface area contributed by atoms with Crippen molar-refractivity contribution in [2.45, 2.75) is 5.51 Å². The Hall–Kier alpha value is -3.39. The number of aromatic nitrogens is 1. The van der Waals surface area contributed by atoms with Gasteiger partial charge in [-0.2, -0.15) is 21.6 Å². The molecule has 30 heavy (non-hydrogen) atoms. The minimum atomic E-state index is -5.77. The van der Waals surface area contributed by atoms with Gasteiger partial charge in [-0.15, -0.1) is 0 Å². The Labute approximate surface area is 170 Å². The molecule has 0 spiro atoms. The third-order valence-corrected chi connectivity index (χ3v) is 5.47. The fraction of sp³-hybridized carbons (Fsp3) is 0.0455. The van der Waals surface area contributed by atoms with Gasteiger partial charge in [-0.3, -0.25) is 4.98 Å². The predicted molar refractivity (Wildman–Crippen MR) is 108 cm³/mol. The van der Waals surface area contributed by atoms with Gasteiger partial charge in [0.15, 0.2) is 5.75 Å². The molecule has 0 atom stereocenters. The molecule has 4 nitrogen and oxygen atoms in total. The predicted octanol–water partition coefficient (Wildman–Crippen LogP) is 5.80. The number of nitrogens with zero attached hydrogens (tertiary/aromatic N) is 1. The third kappa shape index (κ3) is 3.86. The maximum Gasteiger partial charge on any atom is 0.534 e. The Morgan fingerprint density at radius 3 is 2.07 bits per heavy atom. The van der Waals surface area contributed by atoms with Gasteiger partial charge < -0.3 is 4.18 Å². The molecule has 0 aliphatic rings. The highest BCUT2D eigenvalue weighted by Crippen LogP contribution is 2.33. The summed E-state index contributed by atoms with van der Waals surface area (Å²) in [6, 6.07) is 23.9. The van der Waals surface area contributed by atoms with Crippen LogP contribution in [-0.4, -0.2) is 18.9 Å². The normalized spacial score (nSPS) is 12.1. The Morgan fingerprint density at radius 2 is 1.40 bits per heavy atom. The van der Waals surface area contributed by atoms with E-state index < -0.39 is 21.4 Å². The lowest BCUT2D eigenvalue weighted by molar-refractivity contribution is -0.0500. The number of alkyl halides is 3. The molecule has 0 unspecified atom stereocenters. The number of benzene rings is 3. The van der Waals surface area contributed by atoms with Crippen LogP contribution in [0.15, 0.2) is 85.1 Å². The van der Waals surface area contributed by atoms with Crippen molar-refractivity contribution in [2.75, 3.05) is 0 Å². The molecule has 0 saturated carbocycles. The van der Waals surface area contributed by atoms with Gasteiger partial charge in [0, 0.05) is 5.39 Å². The van der Waals surface area contributed by atoms with Gasteiger partial charge >= 0.3 is 15.6 Å². The van der Waals surface area contributed by atoms with Gasteiger partial charge in [0.2, 0.25) is 0 Å². The smallest absolute Gasteiger partial charge is 0.374 e. The molecule has 8 heteroatoms. The molecular weight excluding hydrogens is 415 g/mol. The van der Waals surface area contributed by atoms with Crippen LogP contribution in [0.1, 0.15) is 0 Å². The van der Waals surface area contributed by atoms with E-state index in [1.165, 1.54) is 6.07 Å². The van der Waals surface area contributed by atoms with E-state index in [9.17, 15) is 21.6 Å². The lowest BCUT2D eigenvalue weighted by Crippen LogP contribution is -2.28. The van der Waals surface area contributed by atoms with E-state index in [4.69, 9.17) is 0 Å². The van der Waals surface area contributed by atoms with Gasteiger partial charge in [-0.1, -0.05) is 66.7 Å². The first-order valence-corrected chi connectivity index (χ1v) is 10.2. The van der Waals surface area contributed by atoms with Crippen LogP contribution in [0, 0.1) is 0 Å². The van der Waals surface area contributed by atoms with E-state index in [0.29, 0.717) is 16.5 Å². The average Bonchev–Trinajstić information content (AvgIpc) is 2.73. The summed E-state index contributed by atoms with van der Waals surface area (Å²) in [6.07, 6.45) is 0.952. The molecule has 4 rings (SSSR count). The number of rotatable bonds is 4. The zero-order valence-corrected chi connectivity index (χ0v) is 16.1. The van der Waals surface area contributed by atoms with Crippen molar-refractivity contribution in [1.82, 2.24) is 4.98 Å². The number of halogens is 3. The summed E-state index contributed by atoms with van der Waals surface area (Å²) >= 11 is 0. The van der Waals surface area contributed by atoms with Gasteiger partial charge in [0.1, 0.15) is 0 Å². The van der Waals surface area contributed by atoms with Crippen LogP contribution in [0.3, 0.4) is 0 Å². The topological polar surface area (TPSA) is 56.3 Å². The second-order valence-corrected chi connectivity index (χ2v) is 8.01. The Kier molecular flexibility index (Phi) is 4.95. The molecule has 0 bridgehead atoms. The fourth-order valence-electron chi connectivity index (χ4n) is 3.07. The lowest BCUT2D eigenvalue weighted by atomic mass is 9.97. The molecule has 1 aromatic heterocycles. The average molecular weight is 429 g/mol. The van der Waals surface area contributed by atoms with Crippen molar-refractivity contribution >= 4 is 21.0 Å². The number of hydrogen-bond acceptors (Lipinski definition) is 4. The van der Waals surface area contributed by atoms with Gasteiger partial charge in [0.25, 0.3) is 0 Å². The summed E-state index contributed by atoms with van der Waals surface area (Å²) in [5.74, 6) is -0.506. The summed E-state index contributed by atoms with van der Waals surface area (Å²) in [6.45, 7) is 0. The van der Waals surface area contributed by atoms with Crippen molar-refractivity contribution in [3.63, 3.8) is 0 Å². The molecule has 152 valence electrons. The number of hydrogen-bond donors (Lipinski definition) is 0. The van der Waals surface area contributed by atoms with Crippen LogP contribution in [-0.2, 0) is 10.1 Å². The van der Waals surface area contributed by atoms with Crippen LogP contribution in [0.4, 0.5) is 13.2 Å². The summed E-state index contributed by atoms with van der Waals surface area (Å²) < 4.78 is 64.7. The fourth-order valence-corrected chi connectivity index (χ4v) is 3.51. The van der Waals surface area contributed by atoms with Crippen LogP contribution in [0.25, 0.3) is 33.2 Å². The monoisotopic (exact) mass is 429 g/mol. The summed E-state index contributed by atoms with van der Waals surface area (Å²) in [7, 11) is -5.77. The second-order valence-electron chi connectivity index (χ2n) is 6.47. The summed E-state index contributed by atoms with van der Waals surface area (Å²) in [4.78, 5) is 4.04. The van der Waals surface area contributed by atoms with Gasteiger partial charge in [-0.05, 0) is 34.4 Å². The molecule has 4 aromatic rings. The van der Waals surface area contributed by atoms with E-state index in [-0.39, 0.29) is 0 Å². The van der Waals surface area contributed by atoms with E-state index in [1.807, 2.05) is 54.6 Å². The summed E-state index contributed by atoms with van der Waals surface area (Å²) in [5, 5.41) is 0.472. The molecule has 0 N–H and O–H groups in total. The minimum absolute atomic E-state index is 0.472. The molecule has 0 aliphatic carbocycles. The highest BCUT2D eigenvalue weighted by Gasteiger charge is 2.48. The maximum absolute atomic E-state index is 12.6. The van der Waals surface area contributed by atoms with Crippen molar-refractivity contribution in [3.8, 4) is 28.0 Å². The van der Waals surface area contributed by atoms with E-state index in [1.54, 1.807) is 18.2 Å². The Balaban J connectivity index is 1.74. The van der Waals surface area contributed by atoms with Gasteiger partial charge in [-0.25, -0.2) is 0 Å². The molecule has 0 amide bonds. The quantitative estimate of drug-likeness (QED) is 0.304. The van der Waals surface area contributed by atoms with Crippen molar-refractivity contribution < 1.29 is 25.8 Å². The molecule has 0 aliphatic heterocycles. The number of pyridine rings is 1. The summed E-state index contributed by atoms with van der Waals surface area (Å²) in [5.41, 5.74) is -1.46. The van der Waals surface area contributed by atoms with Crippen LogP contribution in [0.5, 0.6) is 5.75 Å². The lowest BCUT2D eigenvalue weighted by Gasteiger charge is -2.11. The van der Waals surface area contributed by atoms with Crippen LogP contribution in [0.2, 0.25) is 0 Å². The van der Waals surface area contributed by atoms with E-state index in [0.717, 1.165) is 22.9 Å². The van der Waals surface area contributed by atoms with Crippen molar-refractivity contribution in [2.24, 2.45) is 0 Å². The largest absolute Gasteiger partial charge is 0.534 e. The SMILES string of the molecule is O=S(=O)(Oc1cnc2cccc(-c3ccc(-c4ccccc4)cc3)c2c1)C(F)(F)F. The Bertz CT molecular complexity index is 1300. The minimum Gasteiger partial charge on any atom is -0.374 e. The molecular formula is C22H14F3NO3S. The van der Waals surface area contributed by atoms with E-state index in [2.05, 4.69) is 9.17 Å². The maximum atomic E-state index is 12.6. The first-order chi connectivity index (χ1) is 14.2. The second kappa shape index (κ2) is 7.46. The molecule has 3 aromatic carbocycles. The standard InChI is InChI=1S/C22H14F3NO3S/c23-22(24,25)30(27,28)29-18-13-20-19(7-4-8-21(20)26-14-18)17-11-9-16(10-12-17)15-5-2-1-3-6-15/h1-14H. The Morgan fingerprint density at radius 1 is 0.767 bits per heavy atom. The highest BCUT2D eigenvalue weighted by atomic mass is 32.2. The zero-order valence-electron chi connectivity index (χ0n) is 15.3. The molecule has 1 heterocycles. The molecule has 0 radical (unpaired) electrons. The first-order valence-electron chi connectivity index (χ1n) is 8.80. The van der Waals surface area contributed by atoms with E-state index >= 15 is 0 Å². The van der Waals surface area contributed by atoms with Crippen LogP contribution >= 0.6 is 0 Å². The number of fused-ring (bicyclic) bond motifs is 1. The van der Waals surface area contributed by atoms with Crippen molar-refractivity contribution in [3.05, 3.63) is 85.1 Å². The first kappa shape index (κ1) is 19.9. The highest BCUT2D eigenvalue weighted by molar-refractivity contribution is 7.88. The molecule has 0 saturated heterocycles. The zero-order chi connectivity index (χ0) is 21.4. The molecule has 0 fully saturated rings. The van der Waals surface area contributed by atoms with Crippen molar-refractivity contribution in [1.29, 1.82) is 0 Å². The van der Waals surface area contributed by atoms with Gasteiger partial charge in [0.05, 0.1) is 11.7 Å². The van der Waals surface area contributed by atoms with Crippen LogP contribution < -0.4 is 4.18 Å². The third-order valence-electron chi connectivity index (χ3n) is 4.49.